The molecule has 2 aromatic carbocycles. The molecule has 7 nitrogen and oxygen atoms in total. The predicted octanol–water partition coefficient (Wildman–Crippen LogP) is 4.26. The van der Waals surface area contributed by atoms with Gasteiger partial charge >= 0.3 is 0 Å². The van der Waals surface area contributed by atoms with Gasteiger partial charge < -0.3 is 19.9 Å². The number of rotatable bonds is 5. The first-order valence-electron chi connectivity index (χ1n) is 9.05. The zero-order chi connectivity index (χ0) is 19.5. The monoisotopic (exact) mass is 396 g/mol. The summed E-state index contributed by atoms with van der Waals surface area (Å²) in [6.07, 6.45) is -0.529. The summed E-state index contributed by atoms with van der Waals surface area (Å²) in [6, 6.07) is 13.0. The van der Waals surface area contributed by atoms with Crippen LogP contribution in [0, 0.1) is 0 Å². The van der Waals surface area contributed by atoms with Crippen molar-refractivity contribution in [2.24, 2.45) is 0 Å². The van der Waals surface area contributed by atoms with Gasteiger partial charge in [0.05, 0.1) is 6.61 Å². The number of benzene rings is 2. The molecule has 2 heterocycles. The van der Waals surface area contributed by atoms with Crippen molar-refractivity contribution < 1.29 is 14.6 Å². The van der Waals surface area contributed by atoms with Crippen LogP contribution in [0.3, 0.4) is 0 Å². The number of hydrogen-bond acceptors (Lipinski definition) is 8. The minimum absolute atomic E-state index is 0.0886. The molecular formula is C20H20N4O3S. The predicted molar refractivity (Wildman–Crippen MR) is 108 cm³/mol. The lowest BCUT2D eigenvalue weighted by atomic mass is 10.1. The third-order valence-electron chi connectivity index (χ3n) is 4.19. The van der Waals surface area contributed by atoms with Crippen molar-refractivity contribution in [2.75, 3.05) is 17.7 Å². The largest absolute Gasteiger partial charge is 0.504 e. The highest BCUT2D eigenvalue weighted by atomic mass is 32.2. The Morgan fingerprint density at radius 1 is 1.18 bits per heavy atom. The molecule has 4 rings (SSSR count). The van der Waals surface area contributed by atoms with Crippen LogP contribution >= 0.6 is 11.8 Å². The van der Waals surface area contributed by atoms with Gasteiger partial charge in [0, 0.05) is 16.8 Å². The maximum absolute atomic E-state index is 10.0. The van der Waals surface area contributed by atoms with Crippen molar-refractivity contribution in [3.63, 3.8) is 0 Å². The van der Waals surface area contributed by atoms with Crippen molar-refractivity contribution in [1.29, 1.82) is 0 Å². The third kappa shape index (κ3) is 3.55. The fourth-order valence-electron chi connectivity index (χ4n) is 2.95. The van der Waals surface area contributed by atoms with Gasteiger partial charge in [-0.3, -0.25) is 0 Å². The Hall–Kier alpha value is -3.00. The van der Waals surface area contributed by atoms with E-state index in [1.807, 2.05) is 38.1 Å². The Labute approximate surface area is 167 Å². The summed E-state index contributed by atoms with van der Waals surface area (Å²) < 4.78 is 11.7. The van der Waals surface area contributed by atoms with Gasteiger partial charge in [-0.05, 0) is 36.9 Å². The molecule has 0 spiro atoms. The van der Waals surface area contributed by atoms with E-state index in [1.165, 1.54) is 11.8 Å². The fraction of sp³-hybridized carbons (Fsp3) is 0.250. The summed E-state index contributed by atoms with van der Waals surface area (Å²) in [4.78, 5) is 4.56. The average Bonchev–Trinajstić information content (AvgIpc) is 2.86. The highest BCUT2D eigenvalue weighted by Gasteiger charge is 2.26. The second kappa shape index (κ2) is 7.93. The molecule has 8 heteroatoms. The van der Waals surface area contributed by atoms with Crippen LogP contribution < -0.4 is 14.8 Å². The van der Waals surface area contributed by atoms with Gasteiger partial charge in [0.1, 0.15) is 0 Å². The highest BCUT2D eigenvalue weighted by molar-refractivity contribution is 7.99. The van der Waals surface area contributed by atoms with E-state index in [-0.39, 0.29) is 5.75 Å². The maximum Gasteiger partial charge on any atom is 0.247 e. The number of hydrogen-bond donors (Lipinski definition) is 2. The maximum atomic E-state index is 10.0. The second-order valence-electron chi connectivity index (χ2n) is 6.03. The second-order valence-corrected chi connectivity index (χ2v) is 7.26. The number of nitrogens with one attached hydrogen (secondary N) is 1. The number of phenols is 1. The number of aromatic hydroxyl groups is 1. The Balaban J connectivity index is 1.79. The van der Waals surface area contributed by atoms with Crippen LogP contribution in [0.5, 0.6) is 17.4 Å². The van der Waals surface area contributed by atoms with Gasteiger partial charge in [-0.2, -0.15) is 4.98 Å². The van der Waals surface area contributed by atoms with Gasteiger partial charge in [0.25, 0.3) is 0 Å². The number of aromatic nitrogens is 3. The summed E-state index contributed by atoms with van der Waals surface area (Å²) in [5.74, 6) is 1.75. The van der Waals surface area contributed by atoms with Crippen LogP contribution in [-0.4, -0.2) is 32.6 Å². The molecule has 0 saturated heterocycles. The topological polar surface area (TPSA) is 89.4 Å². The Bertz CT molecular complexity index is 999. The molecule has 0 unspecified atom stereocenters. The number of phenolic OH excluding ortho intramolecular Hbond substituents is 1. The molecule has 0 fully saturated rings. The summed E-state index contributed by atoms with van der Waals surface area (Å²) in [6.45, 7) is 4.36. The molecule has 0 bridgehead atoms. The molecule has 0 amide bonds. The van der Waals surface area contributed by atoms with E-state index in [4.69, 9.17) is 9.47 Å². The molecule has 28 heavy (non-hydrogen) atoms. The quantitative estimate of drug-likeness (QED) is 0.619. The van der Waals surface area contributed by atoms with Gasteiger partial charge in [-0.1, -0.05) is 36.9 Å². The lowest BCUT2D eigenvalue weighted by molar-refractivity contribution is 0.224. The van der Waals surface area contributed by atoms with Crippen LogP contribution in [0.1, 0.15) is 25.6 Å². The van der Waals surface area contributed by atoms with E-state index < -0.39 is 6.23 Å². The van der Waals surface area contributed by atoms with E-state index in [1.54, 1.807) is 18.2 Å². The number of thioether (sulfide) groups is 1. The Morgan fingerprint density at radius 3 is 2.86 bits per heavy atom. The first-order chi connectivity index (χ1) is 13.7. The van der Waals surface area contributed by atoms with E-state index in [0.717, 1.165) is 22.6 Å². The zero-order valence-electron chi connectivity index (χ0n) is 15.5. The van der Waals surface area contributed by atoms with Crippen LogP contribution in [0.2, 0.25) is 0 Å². The number of para-hydroxylation sites is 1. The normalized spacial score (nSPS) is 14.9. The van der Waals surface area contributed by atoms with Crippen LogP contribution in [-0.2, 0) is 0 Å². The van der Waals surface area contributed by atoms with Crippen molar-refractivity contribution in [3.8, 4) is 28.6 Å². The number of nitrogens with zero attached hydrogens (tertiary/aromatic N) is 3. The summed E-state index contributed by atoms with van der Waals surface area (Å²) in [5, 5.41) is 22.5. The molecule has 1 atom stereocenters. The van der Waals surface area contributed by atoms with Crippen LogP contribution in [0.4, 0.5) is 5.69 Å². The molecule has 144 valence electrons. The van der Waals surface area contributed by atoms with E-state index in [9.17, 15) is 5.11 Å². The molecule has 1 aliphatic rings. The first-order valence-corrected chi connectivity index (χ1v) is 10.0. The van der Waals surface area contributed by atoms with E-state index in [0.29, 0.717) is 29.1 Å². The van der Waals surface area contributed by atoms with E-state index in [2.05, 4.69) is 20.5 Å². The van der Waals surface area contributed by atoms with E-state index >= 15 is 0 Å². The number of fused-ring (bicyclic) bond motifs is 3. The standard InChI is InChI=1S/C20H20N4O3S/c1-3-26-16-11-12(9-10-15(16)25)18-21-14-8-6-5-7-13(14)17-19(27-18)22-20(24-23-17)28-4-2/h5-11,18,21,25H,3-4H2,1-2H3/t18-/m0/s1. The highest BCUT2D eigenvalue weighted by Crippen LogP contribution is 2.40. The lowest BCUT2D eigenvalue weighted by Gasteiger charge is -2.20. The first kappa shape index (κ1) is 18.4. The number of anilines is 1. The van der Waals surface area contributed by atoms with Crippen LogP contribution in [0.25, 0.3) is 11.3 Å². The molecule has 3 aromatic rings. The molecule has 2 N–H and O–H groups in total. The molecular weight excluding hydrogens is 376 g/mol. The van der Waals surface area contributed by atoms with Gasteiger partial charge in [-0.15, -0.1) is 10.2 Å². The van der Waals surface area contributed by atoms with Crippen molar-refractivity contribution in [2.45, 2.75) is 25.2 Å². The van der Waals surface area contributed by atoms with Crippen molar-refractivity contribution in [3.05, 3.63) is 48.0 Å². The minimum Gasteiger partial charge on any atom is -0.504 e. The van der Waals surface area contributed by atoms with Crippen molar-refractivity contribution in [1.82, 2.24) is 15.2 Å². The van der Waals surface area contributed by atoms with Gasteiger partial charge in [0.15, 0.2) is 23.4 Å². The fourth-order valence-corrected chi connectivity index (χ4v) is 3.46. The Kier molecular flexibility index (Phi) is 5.21. The summed E-state index contributed by atoms with van der Waals surface area (Å²) >= 11 is 1.51. The molecule has 0 radical (unpaired) electrons. The molecule has 0 saturated carbocycles. The molecule has 1 aliphatic heterocycles. The zero-order valence-corrected chi connectivity index (χ0v) is 16.4. The average molecular weight is 396 g/mol. The third-order valence-corrected chi connectivity index (χ3v) is 4.91. The number of ether oxygens (including phenoxy) is 2. The van der Waals surface area contributed by atoms with Crippen molar-refractivity contribution >= 4 is 17.4 Å². The molecule has 1 aromatic heterocycles. The smallest absolute Gasteiger partial charge is 0.247 e. The van der Waals surface area contributed by atoms with Crippen LogP contribution in [0.15, 0.2) is 47.6 Å². The lowest BCUT2D eigenvalue weighted by Crippen LogP contribution is -2.17. The summed E-state index contributed by atoms with van der Waals surface area (Å²) in [5.41, 5.74) is 3.13. The minimum atomic E-state index is -0.529. The SMILES string of the molecule is CCOc1cc([C@H]2Nc3ccccc3-c3nnc(SCC)nc3O2)ccc1O. The van der Waals surface area contributed by atoms with Gasteiger partial charge in [0.2, 0.25) is 11.0 Å². The summed E-state index contributed by atoms with van der Waals surface area (Å²) in [7, 11) is 0. The van der Waals surface area contributed by atoms with Gasteiger partial charge in [-0.25, -0.2) is 0 Å². The molecule has 0 aliphatic carbocycles. The Morgan fingerprint density at radius 2 is 2.04 bits per heavy atom.